The highest BCUT2D eigenvalue weighted by Gasteiger charge is 2.21. The highest BCUT2D eigenvalue weighted by atomic mass is 15.2. The molecule has 1 saturated heterocycles. The first-order chi connectivity index (χ1) is 10.1. The summed E-state index contributed by atoms with van der Waals surface area (Å²) in [6.07, 6.45) is 4.28. The van der Waals surface area contributed by atoms with Gasteiger partial charge in [-0.3, -0.25) is 0 Å². The summed E-state index contributed by atoms with van der Waals surface area (Å²) in [7, 11) is 2.17. The minimum Gasteiger partial charge on any atom is -0.370 e. The molecule has 1 aromatic heterocycles. The average Bonchev–Trinajstić information content (AvgIpc) is 2.86. The van der Waals surface area contributed by atoms with Gasteiger partial charge in [0.15, 0.2) is 0 Å². The number of hydrogen-bond acceptors (Lipinski definition) is 5. The SMILES string of the molecule is CCCNc1nc(CCC)nc(NC2CCN(C)C2)c1C. The van der Waals surface area contributed by atoms with Crippen molar-refractivity contribution in [2.45, 2.75) is 52.5 Å². The van der Waals surface area contributed by atoms with Gasteiger partial charge in [0.05, 0.1) is 0 Å². The van der Waals surface area contributed by atoms with E-state index in [0.717, 1.165) is 61.9 Å². The molecule has 1 aliphatic rings. The van der Waals surface area contributed by atoms with Crippen molar-refractivity contribution in [3.63, 3.8) is 0 Å². The number of rotatable bonds is 7. The van der Waals surface area contributed by atoms with E-state index in [1.54, 1.807) is 0 Å². The molecule has 21 heavy (non-hydrogen) atoms. The maximum atomic E-state index is 4.74. The fraction of sp³-hybridized carbons (Fsp3) is 0.750. The topological polar surface area (TPSA) is 53.1 Å². The quantitative estimate of drug-likeness (QED) is 0.809. The van der Waals surface area contributed by atoms with Crippen LogP contribution in [0.5, 0.6) is 0 Å². The van der Waals surface area contributed by atoms with Crippen LogP contribution >= 0.6 is 0 Å². The Morgan fingerprint density at radius 2 is 1.95 bits per heavy atom. The van der Waals surface area contributed by atoms with Crippen molar-refractivity contribution in [2.75, 3.05) is 37.3 Å². The van der Waals surface area contributed by atoms with Crippen LogP contribution < -0.4 is 10.6 Å². The Morgan fingerprint density at radius 1 is 1.19 bits per heavy atom. The smallest absolute Gasteiger partial charge is 0.135 e. The third kappa shape index (κ3) is 4.30. The Labute approximate surface area is 128 Å². The summed E-state index contributed by atoms with van der Waals surface area (Å²) >= 11 is 0. The van der Waals surface area contributed by atoms with Crippen LogP contribution in [0, 0.1) is 6.92 Å². The van der Waals surface area contributed by atoms with E-state index in [9.17, 15) is 0 Å². The first-order valence-corrected chi connectivity index (χ1v) is 8.20. The van der Waals surface area contributed by atoms with E-state index in [0.29, 0.717) is 6.04 Å². The molecule has 0 aliphatic carbocycles. The zero-order valence-electron chi connectivity index (χ0n) is 13.9. The van der Waals surface area contributed by atoms with Crippen molar-refractivity contribution < 1.29 is 0 Å². The maximum absolute atomic E-state index is 4.74. The monoisotopic (exact) mass is 291 g/mol. The van der Waals surface area contributed by atoms with Crippen LogP contribution in [0.1, 0.15) is 44.5 Å². The largest absolute Gasteiger partial charge is 0.370 e. The molecule has 0 saturated carbocycles. The van der Waals surface area contributed by atoms with Gasteiger partial charge in [0, 0.05) is 31.1 Å². The first kappa shape index (κ1) is 16.0. The molecule has 1 fully saturated rings. The van der Waals surface area contributed by atoms with E-state index in [1.165, 1.54) is 6.42 Å². The van der Waals surface area contributed by atoms with Gasteiger partial charge < -0.3 is 15.5 Å². The normalized spacial score (nSPS) is 19.0. The van der Waals surface area contributed by atoms with Gasteiger partial charge in [0.2, 0.25) is 0 Å². The number of nitrogens with one attached hydrogen (secondary N) is 2. The first-order valence-electron chi connectivity index (χ1n) is 8.20. The van der Waals surface area contributed by atoms with Crippen molar-refractivity contribution >= 4 is 11.6 Å². The molecule has 5 heteroatoms. The standard InChI is InChI=1S/C16H29N5/c1-5-7-14-19-15(17-9-6-2)12(3)16(20-14)18-13-8-10-21(4)11-13/h13H,5-11H2,1-4H3,(H2,17,18,19,20). The summed E-state index contributed by atoms with van der Waals surface area (Å²) in [6, 6.07) is 0.497. The maximum Gasteiger partial charge on any atom is 0.135 e. The van der Waals surface area contributed by atoms with Gasteiger partial charge in [-0.2, -0.15) is 0 Å². The van der Waals surface area contributed by atoms with Crippen molar-refractivity contribution in [2.24, 2.45) is 0 Å². The molecule has 2 heterocycles. The molecule has 2 N–H and O–H groups in total. The predicted molar refractivity (Wildman–Crippen MR) is 89.1 cm³/mol. The van der Waals surface area contributed by atoms with Crippen molar-refractivity contribution in [1.29, 1.82) is 0 Å². The Kier molecular flexibility index (Phi) is 5.79. The second-order valence-corrected chi connectivity index (χ2v) is 6.03. The molecule has 0 aromatic carbocycles. The highest BCUT2D eigenvalue weighted by molar-refractivity contribution is 5.57. The van der Waals surface area contributed by atoms with E-state index in [4.69, 9.17) is 4.98 Å². The minimum absolute atomic E-state index is 0.497. The molecule has 0 spiro atoms. The van der Waals surface area contributed by atoms with E-state index in [-0.39, 0.29) is 0 Å². The lowest BCUT2D eigenvalue weighted by atomic mass is 10.2. The number of likely N-dealkylation sites (tertiary alicyclic amines) is 1. The summed E-state index contributed by atoms with van der Waals surface area (Å²) in [6.45, 7) is 9.64. The molecule has 0 radical (unpaired) electrons. The zero-order valence-corrected chi connectivity index (χ0v) is 13.9. The van der Waals surface area contributed by atoms with E-state index in [2.05, 4.69) is 48.3 Å². The van der Waals surface area contributed by atoms with Gasteiger partial charge >= 0.3 is 0 Å². The van der Waals surface area contributed by atoms with Gasteiger partial charge in [0.1, 0.15) is 17.5 Å². The fourth-order valence-corrected chi connectivity index (χ4v) is 2.70. The third-order valence-corrected chi connectivity index (χ3v) is 3.94. The Balaban J connectivity index is 2.18. The average molecular weight is 291 g/mol. The Hall–Kier alpha value is -1.36. The summed E-state index contributed by atoms with van der Waals surface area (Å²) < 4.78 is 0. The van der Waals surface area contributed by atoms with Crippen LogP contribution in [0.25, 0.3) is 0 Å². The molecular formula is C16H29N5. The molecular weight excluding hydrogens is 262 g/mol. The predicted octanol–water partition coefficient (Wildman–Crippen LogP) is 2.68. The lowest BCUT2D eigenvalue weighted by Crippen LogP contribution is -2.25. The van der Waals surface area contributed by atoms with E-state index >= 15 is 0 Å². The van der Waals surface area contributed by atoms with Gasteiger partial charge in [-0.05, 0) is 39.8 Å². The molecule has 2 rings (SSSR count). The van der Waals surface area contributed by atoms with E-state index < -0.39 is 0 Å². The van der Waals surface area contributed by atoms with Crippen molar-refractivity contribution in [1.82, 2.24) is 14.9 Å². The lowest BCUT2D eigenvalue weighted by Gasteiger charge is -2.18. The van der Waals surface area contributed by atoms with Crippen molar-refractivity contribution in [3.05, 3.63) is 11.4 Å². The minimum atomic E-state index is 0.497. The van der Waals surface area contributed by atoms with Crippen LogP contribution in [-0.2, 0) is 6.42 Å². The van der Waals surface area contributed by atoms with Crippen LogP contribution in [0.15, 0.2) is 0 Å². The number of aromatic nitrogens is 2. The summed E-state index contributed by atoms with van der Waals surface area (Å²) in [5.41, 5.74) is 1.14. The number of anilines is 2. The zero-order chi connectivity index (χ0) is 15.2. The third-order valence-electron chi connectivity index (χ3n) is 3.94. The molecule has 0 amide bonds. The molecule has 5 nitrogen and oxygen atoms in total. The summed E-state index contributed by atoms with van der Waals surface area (Å²) in [5.74, 6) is 2.94. The molecule has 1 unspecified atom stereocenters. The van der Waals surface area contributed by atoms with Crippen molar-refractivity contribution in [3.8, 4) is 0 Å². The second-order valence-electron chi connectivity index (χ2n) is 6.03. The van der Waals surface area contributed by atoms with Crippen LogP contribution in [-0.4, -0.2) is 47.6 Å². The molecule has 1 atom stereocenters. The summed E-state index contributed by atoms with van der Waals surface area (Å²) in [5, 5.41) is 7.06. The number of aryl methyl sites for hydroxylation is 1. The van der Waals surface area contributed by atoms with E-state index in [1.807, 2.05) is 0 Å². The van der Waals surface area contributed by atoms with Crippen LogP contribution in [0.4, 0.5) is 11.6 Å². The highest BCUT2D eigenvalue weighted by Crippen LogP contribution is 2.23. The Bertz CT molecular complexity index is 460. The molecule has 0 bridgehead atoms. The number of hydrogen-bond donors (Lipinski definition) is 2. The van der Waals surface area contributed by atoms with Gasteiger partial charge in [-0.1, -0.05) is 13.8 Å². The lowest BCUT2D eigenvalue weighted by molar-refractivity contribution is 0.414. The van der Waals surface area contributed by atoms with Crippen LogP contribution in [0.2, 0.25) is 0 Å². The molecule has 118 valence electrons. The number of likely N-dealkylation sites (N-methyl/N-ethyl adjacent to an activating group) is 1. The van der Waals surface area contributed by atoms with Gasteiger partial charge in [-0.25, -0.2) is 9.97 Å². The fourth-order valence-electron chi connectivity index (χ4n) is 2.70. The number of nitrogens with zero attached hydrogens (tertiary/aromatic N) is 3. The summed E-state index contributed by atoms with van der Waals surface area (Å²) in [4.78, 5) is 11.8. The van der Waals surface area contributed by atoms with Gasteiger partial charge in [0.25, 0.3) is 0 Å². The molecule has 1 aromatic rings. The molecule has 1 aliphatic heterocycles. The second kappa shape index (κ2) is 7.59. The van der Waals surface area contributed by atoms with Gasteiger partial charge in [-0.15, -0.1) is 0 Å². The Morgan fingerprint density at radius 3 is 2.57 bits per heavy atom. The van der Waals surface area contributed by atoms with Crippen LogP contribution in [0.3, 0.4) is 0 Å².